The number of nitriles is 1. The van der Waals surface area contributed by atoms with E-state index in [1.54, 1.807) is 13.1 Å². The lowest BCUT2D eigenvalue weighted by molar-refractivity contribution is 0.566. The van der Waals surface area contributed by atoms with E-state index in [2.05, 4.69) is 9.71 Å². The molecule has 0 bridgehead atoms. The number of aromatic nitrogens is 1. The van der Waals surface area contributed by atoms with Crippen molar-refractivity contribution >= 4 is 33.0 Å². The average molecular weight is 342 g/mol. The maximum atomic E-state index is 12.4. The molecule has 0 saturated heterocycles. The Morgan fingerprint density at radius 1 is 1.48 bits per heavy atom. The van der Waals surface area contributed by atoms with Crippen LogP contribution >= 0.6 is 22.9 Å². The Balaban J connectivity index is 2.35. The molecule has 0 unspecified atom stereocenters. The normalized spacial score (nSPS) is 12.9. The van der Waals surface area contributed by atoms with Gasteiger partial charge in [0.1, 0.15) is 16.0 Å². The van der Waals surface area contributed by atoms with Crippen LogP contribution in [0.3, 0.4) is 0 Å². The molecule has 21 heavy (non-hydrogen) atoms. The highest BCUT2D eigenvalue weighted by molar-refractivity contribution is 7.89. The van der Waals surface area contributed by atoms with Gasteiger partial charge in [0.15, 0.2) is 0 Å². The molecule has 110 valence electrons. The summed E-state index contributed by atoms with van der Waals surface area (Å²) < 4.78 is 27.3. The molecule has 8 heteroatoms. The van der Waals surface area contributed by atoms with Crippen molar-refractivity contribution in [3.05, 3.63) is 44.9 Å². The number of rotatable bonds is 4. The van der Waals surface area contributed by atoms with Crippen molar-refractivity contribution in [1.82, 2.24) is 9.71 Å². The van der Waals surface area contributed by atoms with Crippen LogP contribution in [-0.2, 0) is 10.0 Å². The zero-order valence-corrected chi connectivity index (χ0v) is 13.7. The number of nitrogens with zero attached hydrogens (tertiary/aromatic N) is 2. The Bertz CT molecular complexity index is 809. The number of halogens is 1. The van der Waals surface area contributed by atoms with Crippen molar-refractivity contribution in [2.45, 2.75) is 24.8 Å². The minimum absolute atomic E-state index is 0.0504. The molecule has 2 aromatic rings. The summed E-state index contributed by atoms with van der Waals surface area (Å²) in [6.07, 6.45) is 1.69. The van der Waals surface area contributed by atoms with Gasteiger partial charge in [-0.25, -0.2) is 18.1 Å². The summed E-state index contributed by atoms with van der Waals surface area (Å²) in [7, 11) is -3.85. The molecule has 1 aromatic heterocycles. The quantitative estimate of drug-likeness (QED) is 0.926. The average Bonchev–Trinajstić information content (AvgIpc) is 2.85. The minimum Gasteiger partial charge on any atom is -0.248 e. The lowest BCUT2D eigenvalue weighted by atomic mass is 10.2. The maximum Gasteiger partial charge on any atom is 0.242 e. The van der Waals surface area contributed by atoms with Gasteiger partial charge in [-0.3, -0.25) is 0 Å². The number of benzene rings is 1. The van der Waals surface area contributed by atoms with E-state index in [0.717, 1.165) is 4.88 Å². The molecule has 0 spiro atoms. The van der Waals surface area contributed by atoms with Crippen LogP contribution in [0.15, 0.2) is 29.3 Å². The number of thiazole rings is 1. The van der Waals surface area contributed by atoms with E-state index >= 15 is 0 Å². The summed E-state index contributed by atoms with van der Waals surface area (Å²) in [4.78, 5) is 5.02. The SMILES string of the molecule is Cc1cnc([C@H](C)NS(=O)(=O)c2cc(Cl)ccc2C#N)s1. The van der Waals surface area contributed by atoms with Crippen LogP contribution in [0.1, 0.15) is 28.4 Å². The predicted molar refractivity (Wildman–Crippen MR) is 81.8 cm³/mol. The second-order valence-corrected chi connectivity index (χ2v) is 7.79. The summed E-state index contributed by atoms with van der Waals surface area (Å²) >= 11 is 7.24. The van der Waals surface area contributed by atoms with Crippen molar-refractivity contribution in [3.63, 3.8) is 0 Å². The molecular formula is C13H12ClN3O2S2. The predicted octanol–water partition coefficient (Wildman–Crippen LogP) is 3.02. The lowest BCUT2D eigenvalue weighted by Gasteiger charge is -2.13. The van der Waals surface area contributed by atoms with Crippen LogP contribution in [0, 0.1) is 18.3 Å². The van der Waals surface area contributed by atoms with Gasteiger partial charge in [0.05, 0.1) is 11.6 Å². The van der Waals surface area contributed by atoms with E-state index in [9.17, 15) is 8.42 Å². The number of hydrogen-bond donors (Lipinski definition) is 1. The Labute approximate surface area is 132 Å². The minimum atomic E-state index is -3.85. The first-order valence-corrected chi connectivity index (χ1v) is 8.65. The topological polar surface area (TPSA) is 82.8 Å². The first kappa shape index (κ1) is 15.9. The summed E-state index contributed by atoms with van der Waals surface area (Å²) in [5.41, 5.74) is 0.0504. The van der Waals surface area contributed by atoms with E-state index in [4.69, 9.17) is 16.9 Å². The number of nitrogens with one attached hydrogen (secondary N) is 1. The molecule has 1 atom stereocenters. The molecule has 1 N–H and O–H groups in total. The van der Waals surface area contributed by atoms with E-state index < -0.39 is 16.1 Å². The summed E-state index contributed by atoms with van der Waals surface area (Å²) in [5, 5.41) is 9.95. The molecular weight excluding hydrogens is 330 g/mol. The third kappa shape index (κ3) is 3.60. The summed E-state index contributed by atoms with van der Waals surface area (Å²) in [6.45, 7) is 3.60. The number of hydrogen-bond acceptors (Lipinski definition) is 5. The molecule has 1 heterocycles. The smallest absolute Gasteiger partial charge is 0.242 e. The van der Waals surface area contributed by atoms with Crippen molar-refractivity contribution in [3.8, 4) is 6.07 Å². The van der Waals surface area contributed by atoms with Crippen LogP contribution in [0.5, 0.6) is 0 Å². The highest BCUT2D eigenvalue weighted by Crippen LogP contribution is 2.24. The monoisotopic (exact) mass is 341 g/mol. The Hall–Kier alpha value is -1.46. The van der Waals surface area contributed by atoms with Gasteiger partial charge in [0.25, 0.3) is 0 Å². The Kier molecular flexibility index (Phi) is 4.64. The lowest BCUT2D eigenvalue weighted by Crippen LogP contribution is -2.27. The Morgan fingerprint density at radius 3 is 2.76 bits per heavy atom. The Morgan fingerprint density at radius 2 is 2.19 bits per heavy atom. The van der Waals surface area contributed by atoms with E-state index in [1.165, 1.54) is 29.5 Å². The van der Waals surface area contributed by atoms with Crippen LogP contribution in [0.2, 0.25) is 5.02 Å². The zero-order valence-electron chi connectivity index (χ0n) is 11.3. The van der Waals surface area contributed by atoms with Crippen LogP contribution in [-0.4, -0.2) is 13.4 Å². The molecule has 0 fully saturated rings. The fourth-order valence-electron chi connectivity index (χ4n) is 1.73. The van der Waals surface area contributed by atoms with Gasteiger partial charge in [-0.15, -0.1) is 11.3 Å². The van der Waals surface area contributed by atoms with Gasteiger partial charge in [0.2, 0.25) is 10.0 Å². The molecule has 0 saturated carbocycles. The van der Waals surface area contributed by atoms with Crippen molar-refractivity contribution in [2.24, 2.45) is 0 Å². The zero-order chi connectivity index (χ0) is 15.6. The highest BCUT2D eigenvalue weighted by atomic mass is 35.5. The van der Waals surface area contributed by atoms with Crippen LogP contribution in [0.4, 0.5) is 0 Å². The van der Waals surface area contributed by atoms with Gasteiger partial charge < -0.3 is 0 Å². The standard InChI is InChI=1S/C13H12ClN3O2S2/c1-8-7-16-13(20-8)9(2)17-21(18,19)12-5-11(14)4-3-10(12)6-15/h3-5,7,9,17H,1-2H3/t9-/m0/s1. The van der Waals surface area contributed by atoms with Gasteiger partial charge in [-0.05, 0) is 32.0 Å². The van der Waals surface area contributed by atoms with Gasteiger partial charge in [-0.2, -0.15) is 5.26 Å². The fourth-order valence-corrected chi connectivity index (χ4v) is 4.21. The molecule has 0 aliphatic heterocycles. The number of aryl methyl sites for hydroxylation is 1. The molecule has 0 radical (unpaired) electrons. The van der Waals surface area contributed by atoms with Crippen molar-refractivity contribution < 1.29 is 8.42 Å². The van der Waals surface area contributed by atoms with E-state index in [1.807, 2.05) is 13.0 Å². The van der Waals surface area contributed by atoms with Gasteiger partial charge in [-0.1, -0.05) is 11.6 Å². The number of sulfonamides is 1. The third-order valence-corrected chi connectivity index (χ3v) is 5.61. The van der Waals surface area contributed by atoms with E-state index in [-0.39, 0.29) is 15.5 Å². The van der Waals surface area contributed by atoms with Crippen LogP contribution < -0.4 is 4.72 Å². The first-order valence-electron chi connectivity index (χ1n) is 5.98. The highest BCUT2D eigenvalue weighted by Gasteiger charge is 2.23. The van der Waals surface area contributed by atoms with Crippen LogP contribution in [0.25, 0.3) is 0 Å². The second kappa shape index (κ2) is 6.12. The van der Waals surface area contributed by atoms with E-state index in [0.29, 0.717) is 5.01 Å². The molecule has 0 aliphatic rings. The summed E-state index contributed by atoms with van der Waals surface area (Å²) in [5.74, 6) is 0. The first-order chi connectivity index (χ1) is 9.83. The fraction of sp³-hybridized carbons (Fsp3) is 0.231. The molecule has 1 aromatic carbocycles. The van der Waals surface area contributed by atoms with Crippen molar-refractivity contribution in [1.29, 1.82) is 5.26 Å². The van der Waals surface area contributed by atoms with Crippen molar-refractivity contribution in [2.75, 3.05) is 0 Å². The largest absolute Gasteiger partial charge is 0.248 e. The molecule has 0 amide bonds. The second-order valence-electron chi connectivity index (χ2n) is 4.40. The summed E-state index contributed by atoms with van der Waals surface area (Å²) in [6, 6.07) is 5.50. The maximum absolute atomic E-state index is 12.4. The van der Waals surface area contributed by atoms with Gasteiger partial charge >= 0.3 is 0 Å². The third-order valence-electron chi connectivity index (χ3n) is 2.70. The molecule has 0 aliphatic carbocycles. The molecule has 5 nitrogen and oxygen atoms in total. The molecule has 2 rings (SSSR count). The van der Waals surface area contributed by atoms with Gasteiger partial charge in [0, 0.05) is 16.1 Å².